The Morgan fingerprint density at radius 2 is 2.45 bits per heavy atom. The third-order valence-electron chi connectivity index (χ3n) is 1.47. The minimum atomic E-state index is 0.834. The fourth-order valence-corrected chi connectivity index (χ4v) is 1.20. The van der Waals surface area contributed by atoms with Crippen LogP contribution in [0.1, 0.15) is 11.3 Å². The van der Waals surface area contributed by atoms with Crippen molar-refractivity contribution in [3.8, 4) is 0 Å². The van der Waals surface area contributed by atoms with Gasteiger partial charge >= 0.3 is 0 Å². The first-order valence-electron chi connectivity index (χ1n) is 3.16. The average molecular weight is 213 g/mol. The summed E-state index contributed by atoms with van der Waals surface area (Å²) in [5.74, 6) is 0. The van der Waals surface area contributed by atoms with Crippen molar-refractivity contribution < 1.29 is 0 Å². The summed E-state index contributed by atoms with van der Waals surface area (Å²) in [5.41, 5.74) is 1.97. The van der Waals surface area contributed by atoms with E-state index in [-0.39, 0.29) is 0 Å². The molecule has 0 saturated carbocycles. The molecule has 1 heterocycles. The minimum absolute atomic E-state index is 0.834. The van der Waals surface area contributed by atoms with Crippen LogP contribution in [0.25, 0.3) is 10.6 Å². The van der Waals surface area contributed by atoms with Gasteiger partial charge in [-0.05, 0) is 6.08 Å². The Balaban J connectivity index is 3.26. The molecule has 1 rings (SSSR count). The van der Waals surface area contributed by atoms with Crippen molar-refractivity contribution in [3.63, 3.8) is 0 Å². The summed E-state index contributed by atoms with van der Waals surface area (Å²) in [7, 11) is 1.87. The van der Waals surface area contributed by atoms with Crippen LogP contribution in [-0.2, 0) is 7.05 Å². The van der Waals surface area contributed by atoms with Crippen LogP contribution in [0.3, 0.4) is 0 Å². The molecule has 0 N–H and O–H groups in total. The summed E-state index contributed by atoms with van der Waals surface area (Å²) >= 11 is 3.29. The quantitative estimate of drug-likeness (QED) is 0.737. The second-order valence-corrected chi connectivity index (χ2v) is 3.13. The van der Waals surface area contributed by atoms with Gasteiger partial charge in [-0.3, -0.25) is 4.68 Å². The Kier molecular flexibility index (Phi) is 2.29. The van der Waals surface area contributed by atoms with Gasteiger partial charge in [0.25, 0.3) is 0 Å². The van der Waals surface area contributed by atoms with Gasteiger partial charge < -0.3 is 0 Å². The van der Waals surface area contributed by atoms with Crippen LogP contribution in [0, 0.1) is 0 Å². The van der Waals surface area contributed by atoms with E-state index in [0.717, 1.165) is 15.7 Å². The summed E-state index contributed by atoms with van der Waals surface area (Å²) in [4.78, 5) is 0. The van der Waals surface area contributed by atoms with Gasteiger partial charge in [-0.25, -0.2) is 0 Å². The molecule has 58 valence electrons. The Bertz CT molecular complexity index is 299. The lowest BCUT2D eigenvalue weighted by Gasteiger charge is -1.96. The van der Waals surface area contributed by atoms with Gasteiger partial charge in [-0.2, -0.15) is 5.10 Å². The Labute approximate surface area is 74.4 Å². The van der Waals surface area contributed by atoms with E-state index in [0.29, 0.717) is 0 Å². The fraction of sp³-hybridized carbons (Fsp3) is 0.125. The average Bonchev–Trinajstić information content (AvgIpc) is 2.30. The number of rotatable bonds is 2. The van der Waals surface area contributed by atoms with E-state index in [1.165, 1.54) is 0 Å². The third kappa shape index (κ3) is 1.43. The molecule has 0 fully saturated rings. The van der Waals surface area contributed by atoms with Crippen molar-refractivity contribution in [3.05, 3.63) is 30.6 Å². The van der Waals surface area contributed by atoms with E-state index in [1.54, 1.807) is 17.0 Å². The van der Waals surface area contributed by atoms with Crippen LogP contribution in [0.4, 0.5) is 0 Å². The fourth-order valence-electron chi connectivity index (χ4n) is 0.898. The monoisotopic (exact) mass is 212 g/mol. The molecule has 0 aliphatic carbocycles. The van der Waals surface area contributed by atoms with Gasteiger partial charge in [-0.1, -0.05) is 29.1 Å². The number of hydrogen-bond donors (Lipinski definition) is 0. The second kappa shape index (κ2) is 3.05. The highest BCUT2D eigenvalue weighted by atomic mass is 79.9. The number of halogens is 1. The molecule has 0 bridgehead atoms. The summed E-state index contributed by atoms with van der Waals surface area (Å²) in [6.07, 6.45) is 3.52. The minimum Gasteiger partial charge on any atom is -0.268 e. The summed E-state index contributed by atoms with van der Waals surface area (Å²) in [5, 5.41) is 4.06. The molecule has 3 heteroatoms. The van der Waals surface area contributed by atoms with Gasteiger partial charge in [0.2, 0.25) is 0 Å². The van der Waals surface area contributed by atoms with Crippen LogP contribution in [-0.4, -0.2) is 9.78 Å². The molecule has 11 heavy (non-hydrogen) atoms. The van der Waals surface area contributed by atoms with Crippen LogP contribution in [0.5, 0.6) is 0 Å². The largest absolute Gasteiger partial charge is 0.268 e. The second-order valence-electron chi connectivity index (χ2n) is 2.18. The van der Waals surface area contributed by atoms with Crippen molar-refractivity contribution in [2.75, 3.05) is 0 Å². The van der Waals surface area contributed by atoms with Crippen molar-refractivity contribution in [1.29, 1.82) is 0 Å². The lowest BCUT2D eigenvalue weighted by Crippen LogP contribution is -1.92. The summed E-state index contributed by atoms with van der Waals surface area (Å²) in [6, 6.07) is 0. The first-order valence-corrected chi connectivity index (χ1v) is 3.95. The lowest BCUT2D eigenvalue weighted by molar-refractivity contribution is 0.759. The molecule has 1 aromatic heterocycles. The van der Waals surface area contributed by atoms with E-state index in [9.17, 15) is 0 Å². The molecule has 0 aliphatic heterocycles. The number of aromatic nitrogens is 2. The molecular formula is C8H9BrN2. The predicted molar refractivity (Wildman–Crippen MR) is 51.3 cm³/mol. The SMILES string of the molecule is C=Cc1c(C(=C)Br)cnn1C. The smallest absolute Gasteiger partial charge is 0.0684 e. The topological polar surface area (TPSA) is 17.8 Å². The van der Waals surface area contributed by atoms with Crippen LogP contribution in [0.15, 0.2) is 19.4 Å². The maximum absolute atomic E-state index is 4.06. The van der Waals surface area contributed by atoms with Crippen molar-refractivity contribution in [1.82, 2.24) is 9.78 Å². The van der Waals surface area contributed by atoms with E-state index in [1.807, 2.05) is 7.05 Å². The van der Waals surface area contributed by atoms with E-state index in [4.69, 9.17) is 0 Å². The maximum atomic E-state index is 4.06. The van der Waals surface area contributed by atoms with E-state index < -0.39 is 0 Å². The highest BCUT2D eigenvalue weighted by molar-refractivity contribution is 9.15. The summed E-state index contributed by atoms with van der Waals surface area (Å²) < 4.78 is 2.59. The third-order valence-corrected chi connectivity index (χ3v) is 1.90. The van der Waals surface area contributed by atoms with Gasteiger partial charge in [0.05, 0.1) is 11.9 Å². The molecule has 0 amide bonds. The normalized spacial score (nSPS) is 9.64. The highest BCUT2D eigenvalue weighted by Crippen LogP contribution is 2.22. The maximum Gasteiger partial charge on any atom is 0.0684 e. The first-order chi connectivity index (χ1) is 5.16. The lowest BCUT2D eigenvalue weighted by atomic mass is 10.2. The van der Waals surface area contributed by atoms with Gasteiger partial charge in [0, 0.05) is 17.1 Å². The van der Waals surface area contributed by atoms with Crippen LogP contribution < -0.4 is 0 Å². The molecule has 1 aromatic rings. The Morgan fingerprint density at radius 1 is 1.82 bits per heavy atom. The van der Waals surface area contributed by atoms with Gasteiger partial charge in [-0.15, -0.1) is 0 Å². The van der Waals surface area contributed by atoms with Crippen LogP contribution >= 0.6 is 15.9 Å². The van der Waals surface area contributed by atoms with Gasteiger partial charge in [0.1, 0.15) is 0 Å². The number of hydrogen-bond acceptors (Lipinski definition) is 1. The zero-order valence-corrected chi connectivity index (χ0v) is 7.93. The molecule has 0 unspecified atom stereocenters. The zero-order chi connectivity index (χ0) is 8.43. The zero-order valence-electron chi connectivity index (χ0n) is 6.34. The molecule has 0 atom stereocenters. The van der Waals surface area contributed by atoms with Crippen molar-refractivity contribution >= 4 is 26.5 Å². The van der Waals surface area contributed by atoms with E-state index in [2.05, 4.69) is 34.2 Å². The standard InChI is InChI=1S/C8H9BrN2/c1-4-8-7(6(2)9)5-10-11(8)3/h4-5H,1-2H2,3H3. The number of aryl methyl sites for hydroxylation is 1. The predicted octanol–water partition coefficient (Wildman–Crippen LogP) is 2.43. The Hall–Kier alpha value is -0.830. The number of nitrogens with zero attached hydrogens (tertiary/aromatic N) is 2. The highest BCUT2D eigenvalue weighted by Gasteiger charge is 2.05. The van der Waals surface area contributed by atoms with Crippen molar-refractivity contribution in [2.45, 2.75) is 0 Å². The van der Waals surface area contributed by atoms with Gasteiger partial charge in [0.15, 0.2) is 0 Å². The molecule has 0 spiro atoms. The van der Waals surface area contributed by atoms with Crippen LogP contribution in [0.2, 0.25) is 0 Å². The molecule has 2 nitrogen and oxygen atoms in total. The van der Waals surface area contributed by atoms with E-state index >= 15 is 0 Å². The first kappa shape index (κ1) is 8.27. The molecule has 0 radical (unpaired) electrons. The molecule has 0 aromatic carbocycles. The molecular weight excluding hydrogens is 204 g/mol. The summed E-state index contributed by atoms with van der Waals surface area (Å²) in [6.45, 7) is 7.45. The van der Waals surface area contributed by atoms with Crippen molar-refractivity contribution in [2.24, 2.45) is 7.05 Å². The Morgan fingerprint density at radius 3 is 2.82 bits per heavy atom. The molecule has 0 saturated heterocycles. The molecule has 0 aliphatic rings.